The number of nitrogens with one attached hydrogen (secondary N) is 2. The minimum atomic E-state index is -4.40. The summed E-state index contributed by atoms with van der Waals surface area (Å²) < 4.78 is 71.5. The van der Waals surface area contributed by atoms with E-state index in [4.69, 9.17) is 4.74 Å². The van der Waals surface area contributed by atoms with Crippen molar-refractivity contribution in [3.05, 3.63) is 34.9 Å². The molecule has 2 aliphatic carbocycles. The highest BCUT2D eigenvalue weighted by atomic mass is 32.2. The maximum atomic E-state index is 13.1. The predicted octanol–water partition coefficient (Wildman–Crippen LogP) is 3.21. The summed E-state index contributed by atoms with van der Waals surface area (Å²) in [5.41, 5.74) is 1.25. The zero-order chi connectivity index (χ0) is 23.9. The molecule has 0 heterocycles. The number of alkyl halides is 3. The van der Waals surface area contributed by atoms with Crippen molar-refractivity contribution in [2.75, 3.05) is 20.2 Å². The van der Waals surface area contributed by atoms with Crippen molar-refractivity contribution < 1.29 is 31.1 Å². The minimum Gasteiger partial charge on any atom is -0.465 e. The van der Waals surface area contributed by atoms with Crippen LogP contribution in [0, 0.1) is 11.8 Å². The van der Waals surface area contributed by atoms with Crippen LogP contribution < -0.4 is 10.0 Å². The molecule has 0 amide bonds. The molecule has 180 valence electrons. The van der Waals surface area contributed by atoms with E-state index in [0.29, 0.717) is 31.2 Å². The molecular weight excluding hydrogens is 445 g/mol. The van der Waals surface area contributed by atoms with Crippen molar-refractivity contribution in [2.24, 2.45) is 11.8 Å². The number of carbonyl (C=O) groups excluding carboxylic acids is 1. The molecule has 2 N–H and O–H groups in total. The Bertz CT molecular complexity index is 972. The quantitative estimate of drug-likeness (QED) is 0.616. The highest BCUT2D eigenvalue weighted by Crippen LogP contribution is 2.48. The number of ether oxygens (including phenoxy) is 1. The van der Waals surface area contributed by atoms with Crippen LogP contribution in [0.2, 0.25) is 0 Å². The van der Waals surface area contributed by atoms with Crippen LogP contribution >= 0.6 is 0 Å². The number of benzene rings is 1. The molecular formula is C22H31F3N2O4S. The summed E-state index contributed by atoms with van der Waals surface area (Å²) in [5, 5.41) is 2.48. The largest absolute Gasteiger partial charge is 0.465 e. The Labute approximate surface area is 187 Å². The average molecular weight is 477 g/mol. The molecule has 1 saturated carbocycles. The molecule has 1 aromatic carbocycles. The van der Waals surface area contributed by atoms with E-state index in [1.807, 2.05) is 6.07 Å². The third-order valence-electron chi connectivity index (χ3n) is 6.75. The summed E-state index contributed by atoms with van der Waals surface area (Å²) in [6.07, 6.45) is -2.01. The van der Waals surface area contributed by atoms with E-state index < -0.39 is 39.0 Å². The van der Waals surface area contributed by atoms with Crippen molar-refractivity contribution in [1.82, 2.24) is 10.0 Å². The highest BCUT2D eigenvalue weighted by molar-refractivity contribution is 7.90. The molecule has 1 fully saturated rings. The molecule has 3 unspecified atom stereocenters. The first-order valence-electron chi connectivity index (χ1n) is 10.7. The number of halogens is 3. The number of carbonyl (C=O) groups is 1. The van der Waals surface area contributed by atoms with Crippen LogP contribution in [-0.4, -0.2) is 51.0 Å². The molecule has 0 aliphatic heterocycles. The number of esters is 1. The van der Waals surface area contributed by atoms with E-state index in [2.05, 4.69) is 10.0 Å². The Morgan fingerprint density at radius 3 is 2.25 bits per heavy atom. The van der Waals surface area contributed by atoms with Gasteiger partial charge in [-0.2, -0.15) is 13.2 Å². The van der Waals surface area contributed by atoms with Crippen LogP contribution in [-0.2, 0) is 27.6 Å². The van der Waals surface area contributed by atoms with Crippen LogP contribution in [0.25, 0.3) is 0 Å². The molecule has 3 rings (SSSR count). The maximum absolute atomic E-state index is 13.1. The van der Waals surface area contributed by atoms with Gasteiger partial charge in [0.25, 0.3) is 0 Å². The lowest BCUT2D eigenvalue weighted by Gasteiger charge is -2.42. The van der Waals surface area contributed by atoms with E-state index >= 15 is 0 Å². The van der Waals surface area contributed by atoms with Gasteiger partial charge < -0.3 is 10.1 Å². The van der Waals surface area contributed by atoms with Gasteiger partial charge in [-0.3, -0.25) is 0 Å². The molecule has 0 saturated heterocycles. The fourth-order valence-electron chi connectivity index (χ4n) is 4.92. The average Bonchev–Trinajstić information content (AvgIpc) is 2.88. The summed E-state index contributed by atoms with van der Waals surface area (Å²) in [6.45, 7) is 3.41. The number of sulfonamides is 1. The van der Waals surface area contributed by atoms with Gasteiger partial charge in [0.05, 0.1) is 29.5 Å². The van der Waals surface area contributed by atoms with Crippen LogP contribution in [0.5, 0.6) is 0 Å². The highest BCUT2D eigenvalue weighted by Gasteiger charge is 2.54. The van der Waals surface area contributed by atoms with Crippen LogP contribution in [0.1, 0.15) is 55.1 Å². The molecule has 2 aliphatic rings. The molecule has 6 nitrogen and oxygen atoms in total. The molecule has 0 spiro atoms. The Balaban J connectivity index is 2.00. The van der Waals surface area contributed by atoms with Crippen molar-refractivity contribution in [3.8, 4) is 0 Å². The van der Waals surface area contributed by atoms with E-state index in [1.165, 1.54) is 7.11 Å². The van der Waals surface area contributed by atoms with E-state index in [9.17, 15) is 26.4 Å². The third-order valence-corrected chi connectivity index (χ3v) is 9.02. The Kier molecular flexibility index (Phi) is 6.72. The number of methoxy groups -OCH3 is 1. The molecule has 1 aromatic rings. The second-order valence-electron chi connectivity index (χ2n) is 9.83. The van der Waals surface area contributed by atoms with Crippen molar-refractivity contribution >= 4 is 16.0 Å². The smallest absolute Gasteiger partial charge is 0.401 e. The molecule has 2 bridgehead atoms. The van der Waals surface area contributed by atoms with Gasteiger partial charge in [0.1, 0.15) is 0 Å². The fraction of sp³-hybridized carbons (Fsp3) is 0.682. The van der Waals surface area contributed by atoms with Crippen molar-refractivity contribution in [2.45, 2.75) is 62.9 Å². The third kappa shape index (κ3) is 4.97. The summed E-state index contributed by atoms with van der Waals surface area (Å²) in [7, 11) is -2.52. The molecule has 0 radical (unpaired) electrons. The first kappa shape index (κ1) is 25.0. The Morgan fingerprint density at radius 2 is 1.72 bits per heavy atom. The van der Waals surface area contributed by atoms with Gasteiger partial charge >= 0.3 is 12.1 Å². The number of hydrogen-bond donors (Lipinski definition) is 2. The summed E-state index contributed by atoms with van der Waals surface area (Å²) in [4.78, 5) is 12.0. The fourth-order valence-corrected chi connectivity index (χ4v) is 6.13. The first-order valence-corrected chi connectivity index (χ1v) is 12.2. The van der Waals surface area contributed by atoms with E-state index in [-0.39, 0.29) is 18.4 Å². The Morgan fingerprint density at radius 1 is 1.12 bits per heavy atom. The van der Waals surface area contributed by atoms with Gasteiger partial charge in [-0.05, 0) is 81.5 Å². The molecule has 32 heavy (non-hydrogen) atoms. The maximum Gasteiger partial charge on any atom is 0.401 e. The zero-order valence-electron chi connectivity index (χ0n) is 18.8. The second kappa shape index (κ2) is 8.61. The van der Waals surface area contributed by atoms with Gasteiger partial charge in [-0.25, -0.2) is 17.9 Å². The minimum absolute atomic E-state index is 0.116. The number of hydrogen-bond acceptors (Lipinski definition) is 5. The van der Waals surface area contributed by atoms with Crippen LogP contribution in [0.15, 0.2) is 18.2 Å². The van der Waals surface area contributed by atoms with Gasteiger partial charge in [-0.1, -0.05) is 6.07 Å². The lowest BCUT2D eigenvalue weighted by Crippen LogP contribution is -2.63. The van der Waals surface area contributed by atoms with Crippen molar-refractivity contribution in [3.63, 3.8) is 0 Å². The summed E-state index contributed by atoms with van der Waals surface area (Å²) in [6, 6.07) is 5.27. The molecule has 0 aromatic heterocycles. The van der Waals surface area contributed by atoms with Gasteiger partial charge in [-0.15, -0.1) is 0 Å². The molecule has 3 atom stereocenters. The number of rotatable bonds is 6. The van der Waals surface area contributed by atoms with Crippen LogP contribution in [0.3, 0.4) is 0 Å². The first-order chi connectivity index (χ1) is 14.7. The summed E-state index contributed by atoms with van der Waals surface area (Å²) >= 11 is 0. The lowest BCUT2D eigenvalue weighted by atomic mass is 9.79. The van der Waals surface area contributed by atoms with Gasteiger partial charge in [0, 0.05) is 6.54 Å². The van der Waals surface area contributed by atoms with E-state index in [1.54, 1.807) is 32.9 Å². The molecule has 10 heteroatoms. The Hall–Kier alpha value is -1.65. The second-order valence-corrected chi connectivity index (χ2v) is 12.3. The standard InChI is InChI=1S/C22H31F3N2O4S/c1-20(2,3)32(29,30)27-21(12-26-13-22(23,24)25)17-7-8-18(21)11-16-9-15(19(28)31-4)6-5-14(16)10-17/h5-6,9,17-18,26-27H,7-8,10-13H2,1-4H3. The zero-order valence-corrected chi connectivity index (χ0v) is 19.6. The topological polar surface area (TPSA) is 84.5 Å². The monoisotopic (exact) mass is 476 g/mol. The lowest BCUT2D eigenvalue weighted by molar-refractivity contribution is -0.125. The van der Waals surface area contributed by atoms with Gasteiger partial charge in [0.15, 0.2) is 0 Å². The summed E-state index contributed by atoms with van der Waals surface area (Å²) in [5.74, 6) is -0.844. The van der Waals surface area contributed by atoms with E-state index in [0.717, 1.165) is 11.1 Å². The van der Waals surface area contributed by atoms with Gasteiger partial charge in [0.2, 0.25) is 10.0 Å². The SMILES string of the molecule is COC(=O)c1ccc2c(c1)CC1CCC(C2)C1(CNCC(F)(F)F)NS(=O)(=O)C(C)(C)C. The van der Waals surface area contributed by atoms with Crippen molar-refractivity contribution in [1.29, 1.82) is 0 Å². The van der Waals surface area contributed by atoms with Crippen LogP contribution in [0.4, 0.5) is 13.2 Å². The predicted molar refractivity (Wildman–Crippen MR) is 115 cm³/mol. The normalized spacial score (nSPS) is 25.8. The number of fused-ring (bicyclic) bond motifs is 3.